The molecule has 1 heterocycles. The Morgan fingerprint density at radius 3 is 2.12 bits per heavy atom. The molecule has 0 saturated carbocycles. The predicted octanol–water partition coefficient (Wildman–Crippen LogP) is 3.55. The molecule has 16 heavy (non-hydrogen) atoms. The van der Waals surface area contributed by atoms with Gasteiger partial charge in [0.15, 0.2) is 0 Å². The van der Waals surface area contributed by atoms with E-state index in [1.807, 2.05) is 0 Å². The van der Waals surface area contributed by atoms with Crippen LogP contribution >= 0.6 is 24.4 Å². The van der Waals surface area contributed by atoms with Crippen LogP contribution in [0.15, 0.2) is 0 Å². The van der Waals surface area contributed by atoms with Crippen LogP contribution in [-0.2, 0) is 0 Å². The molecule has 1 aliphatic heterocycles. The molecule has 1 rings (SSSR count). The minimum atomic E-state index is 0.481. The molecular formula is C13H27NS2. The zero-order valence-electron chi connectivity index (χ0n) is 10.9. The van der Waals surface area contributed by atoms with Gasteiger partial charge in [0.05, 0.1) is 0 Å². The Morgan fingerprint density at radius 1 is 1.12 bits per heavy atom. The molecule has 96 valence electrons. The third-order valence-electron chi connectivity index (χ3n) is 3.56. The number of hydrogen-bond donors (Lipinski definition) is 1. The first-order valence-electron chi connectivity index (χ1n) is 6.67. The van der Waals surface area contributed by atoms with Gasteiger partial charge < -0.3 is 4.90 Å². The topological polar surface area (TPSA) is 3.24 Å². The molecule has 1 aliphatic rings. The van der Waals surface area contributed by atoms with Gasteiger partial charge in [0, 0.05) is 31.1 Å². The fourth-order valence-corrected chi connectivity index (χ4v) is 4.18. The average molecular weight is 261 g/mol. The van der Waals surface area contributed by atoms with Gasteiger partial charge in [0.25, 0.3) is 0 Å². The van der Waals surface area contributed by atoms with Crippen molar-refractivity contribution < 1.29 is 0 Å². The number of rotatable bonds is 7. The summed E-state index contributed by atoms with van der Waals surface area (Å²) in [5.74, 6) is 3.69. The van der Waals surface area contributed by atoms with Gasteiger partial charge >= 0.3 is 0 Å². The SMILES string of the molecule is CCCC(CS)(CCC)CN1CCSCC1. The summed E-state index contributed by atoms with van der Waals surface area (Å²) in [7, 11) is 0. The molecule has 0 N–H and O–H groups in total. The Hall–Kier alpha value is 0.660. The summed E-state index contributed by atoms with van der Waals surface area (Å²) in [6.45, 7) is 8.46. The molecule has 0 unspecified atom stereocenters. The van der Waals surface area contributed by atoms with Crippen molar-refractivity contribution >= 4 is 24.4 Å². The minimum absolute atomic E-state index is 0.481. The fraction of sp³-hybridized carbons (Fsp3) is 1.00. The monoisotopic (exact) mass is 261 g/mol. The predicted molar refractivity (Wildman–Crippen MR) is 79.9 cm³/mol. The second kappa shape index (κ2) is 7.88. The quantitative estimate of drug-likeness (QED) is 0.698. The summed E-state index contributed by atoms with van der Waals surface area (Å²) in [5.41, 5.74) is 0.481. The molecule has 0 spiro atoms. The van der Waals surface area contributed by atoms with Crippen molar-refractivity contribution in [2.45, 2.75) is 39.5 Å². The lowest BCUT2D eigenvalue weighted by Gasteiger charge is -2.39. The van der Waals surface area contributed by atoms with E-state index in [9.17, 15) is 0 Å². The standard InChI is InChI=1S/C13H27NS2/c1-3-5-13(12-15,6-4-2)11-14-7-9-16-10-8-14/h15H,3-12H2,1-2H3. The van der Waals surface area contributed by atoms with E-state index in [2.05, 4.69) is 43.1 Å². The largest absolute Gasteiger partial charge is 0.301 e. The molecule has 1 saturated heterocycles. The van der Waals surface area contributed by atoms with Crippen LogP contribution in [0, 0.1) is 5.41 Å². The molecular weight excluding hydrogens is 234 g/mol. The van der Waals surface area contributed by atoms with Crippen molar-refractivity contribution in [1.29, 1.82) is 0 Å². The molecule has 0 aromatic carbocycles. The van der Waals surface area contributed by atoms with E-state index in [1.165, 1.54) is 56.8 Å². The zero-order valence-corrected chi connectivity index (χ0v) is 12.6. The highest BCUT2D eigenvalue weighted by atomic mass is 32.2. The molecule has 1 fully saturated rings. The number of thiol groups is 1. The van der Waals surface area contributed by atoms with Crippen LogP contribution in [-0.4, -0.2) is 41.8 Å². The molecule has 0 bridgehead atoms. The lowest BCUT2D eigenvalue weighted by Crippen LogP contribution is -2.43. The van der Waals surface area contributed by atoms with Crippen LogP contribution in [0.3, 0.4) is 0 Å². The van der Waals surface area contributed by atoms with E-state index < -0.39 is 0 Å². The van der Waals surface area contributed by atoms with E-state index >= 15 is 0 Å². The summed E-state index contributed by atoms with van der Waals surface area (Å²) in [4.78, 5) is 2.66. The summed E-state index contributed by atoms with van der Waals surface area (Å²) < 4.78 is 0. The van der Waals surface area contributed by atoms with Gasteiger partial charge in [-0.25, -0.2) is 0 Å². The van der Waals surface area contributed by atoms with E-state index in [-0.39, 0.29) is 0 Å². The van der Waals surface area contributed by atoms with E-state index in [1.54, 1.807) is 0 Å². The van der Waals surface area contributed by atoms with E-state index in [0.29, 0.717) is 5.41 Å². The van der Waals surface area contributed by atoms with Crippen molar-refractivity contribution in [2.24, 2.45) is 5.41 Å². The second-order valence-corrected chi connectivity index (χ2v) is 6.59. The first-order chi connectivity index (χ1) is 7.76. The maximum Gasteiger partial charge on any atom is 0.00729 e. The minimum Gasteiger partial charge on any atom is -0.301 e. The van der Waals surface area contributed by atoms with Gasteiger partial charge in [0.2, 0.25) is 0 Å². The first kappa shape index (κ1) is 14.7. The lowest BCUT2D eigenvalue weighted by atomic mass is 9.80. The maximum atomic E-state index is 4.64. The average Bonchev–Trinajstić information content (AvgIpc) is 2.31. The van der Waals surface area contributed by atoms with Gasteiger partial charge in [-0.3, -0.25) is 0 Å². The summed E-state index contributed by atoms with van der Waals surface area (Å²) in [6, 6.07) is 0. The molecule has 0 amide bonds. The van der Waals surface area contributed by atoms with Crippen molar-refractivity contribution in [3.63, 3.8) is 0 Å². The van der Waals surface area contributed by atoms with Gasteiger partial charge in [-0.05, 0) is 24.0 Å². The maximum absolute atomic E-state index is 4.64. The van der Waals surface area contributed by atoms with Gasteiger partial charge in [-0.15, -0.1) is 0 Å². The fourth-order valence-electron chi connectivity index (χ4n) is 2.79. The second-order valence-electron chi connectivity index (χ2n) is 5.05. The smallest absolute Gasteiger partial charge is 0.00729 e. The van der Waals surface area contributed by atoms with Crippen molar-refractivity contribution in [2.75, 3.05) is 36.9 Å². The van der Waals surface area contributed by atoms with Crippen LogP contribution in [0.5, 0.6) is 0 Å². The Labute approximate surface area is 111 Å². The summed E-state index contributed by atoms with van der Waals surface area (Å²) in [6.07, 6.45) is 5.27. The normalized spacial score (nSPS) is 18.9. The Morgan fingerprint density at radius 2 is 1.69 bits per heavy atom. The Balaban J connectivity index is 2.52. The molecule has 0 aliphatic carbocycles. The van der Waals surface area contributed by atoms with Crippen LogP contribution in [0.2, 0.25) is 0 Å². The molecule has 3 heteroatoms. The molecule has 0 aromatic rings. The summed E-state index contributed by atoms with van der Waals surface area (Å²) in [5, 5.41) is 0. The zero-order chi connectivity index (χ0) is 11.9. The Kier molecular flexibility index (Phi) is 7.25. The highest BCUT2D eigenvalue weighted by Crippen LogP contribution is 2.33. The van der Waals surface area contributed by atoms with Gasteiger partial charge in [-0.2, -0.15) is 24.4 Å². The van der Waals surface area contributed by atoms with Crippen LogP contribution in [0.1, 0.15) is 39.5 Å². The highest BCUT2D eigenvalue weighted by molar-refractivity contribution is 7.99. The summed E-state index contributed by atoms with van der Waals surface area (Å²) >= 11 is 6.74. The van der Waals surface area contributed by atoms with E-state index in [4.69, 9.17) is 0 Å². The van der Waals surface area contributed by atoms with Gasteiger partial charge in [0.1, 0.15) is 0 Å². The van der Waals surface area contributed by atoms with Crippen LogP contribution in [0.25, 0.3) is 0 Å². The third-order valence-corrected chi connectivity index (χ3v) is 5.17. The van der Waals surface area contributed by atoms with Crippen LogP contribution in [0.4, 0.5) is 0 Å². The molecule has 0 atom stereocenters. The van der Waals surface area contributed by atoms with Crippen molar-refractivity contribution in [3.05, 3.63) is 0 Å². The third kappa shape index (κ3) is 4.50. The van der Waals surface area contributed by atoms with Gasteiger partial charge in [-0.1, -0.05) is 26.7 Å². The number of hydrogen-bond acceptors (Lipinski definition) is 3. The van der Waals surface area contributed by atoms with Crippen molar-refractivity contribution in [1.82, 2.24) is 4.90 Å². The van der Waals surface area contributed by atoms with E-state index in [0.717, 1.165) is 5.75 Å². The van der Waals surface area contributed by atoms with Crippen LogP contribution < -0.4 is 0 Å². The number of nitrogens with zero attached hydrogens (tertiary/aromatic N) is 1. The first-order valence-corrected chi connectivity index (χ1v) is 8.46. The molecule has 0 aromatic heterocycles. The lowest BCUT2D eigenvalue weighted by molar-refractivity contribution is 0.156. The molecule has 1 nitrogen and oxygen atoms in total. The Bertz CT molecular complexity index is 173. The molecule has 0 radical (unpaired) electrons. The highest BCUT2D eigenvalue weighted by Gasteiger charge is 2.29. The number of thioether (sulfide) groups is 1. The van der Waals surface area contributed by atoms with Crippen molar-refractivity contribution in [3.8, 4) is 0 Å².